The van der Waals surface area contributed by atoms with Gasteiger partial charge in [-0.1, -0.05) is 6.07 Å². The van der Waals surface area contributed by atoms with Crippen molar-refractivity contribution in [2.24, 2.45) is 0 Å². The summed E-state index contributed by atoms with van der Waals surface area (Å²) in [5.74, 6) is 0.368. The highest BCUT2D eigenvalue weighted by Gasteiger charge is 2.13. The number of hydrogen-bond donors (Lipinski definition) is 0. The summed E-state index contributed by atoms with van der Waals surface area (Å²) in [7, 11) is -3.31. The minimum Gasteiger partial charge on any atom is -0.224 e. The highest BCUT2D eigenvalue weighted by Crippen LogP contribution is 2.14. The van der Waals surface area contributed by atoms with Crippen LogP contribution in [-0.4, -0.2) is 26.2 Å². The smallest absolute Gasteiger partial charge is 0.178 e. The zero-order chi connectivity index (χ0) is 11.3. The van der Waals surface area contributed by atoms with E-state index >= 15 is 0 Å². The largest absolute Gasteiger partial charge is 0.224 e. The SMILES string of the molecule is CSCCCS(=O)(=O)c1cccc(F)c1. The molecule has 0 saturated heterocycles. The Labute approximate surface area is 93.8 Å². The Morgan fingerprint density at radius 3 is 2.73 bits per heavy atom. The monoisotopic (exact) mass is 248 g/mol. The van der Waals surface area contributed by atoms with E-state index in [1.54, 1.807) is 11.8 Å². The molecule has 5 heteroatoms. The van der Waals surface area contributed by atoms with Gasteiger partial charge in [-0.2, -0.15) is 11.8 Å². The fourth-order valence-corrected chi connectivity index (χ4v) is 3.13. The molecular weight excluding hydrogens is 235 g/mol. The zero-order valence-electron chi connectivity index (χ0n) is 8.44. The third-order valence-electron chi connectivity index (χ3n) is 1.92. The van der Waals surface area contributed by atoms with E-state index in [1.165, 1.54) is 18.2 Å². The molecule has 84 valence electrons. The molecule has 0 saturated carbocycles. The fourth-order valence-electron chi connectivity index (χ4n) is 1.17. The molecule has 0 fully saturated rings. The van der Waals surface area contributed by atoms with E-state index in [0.717, 1.165) is 11.8 Å². The predicted octanol–water partition coefficient (Wildman–Crippen LogP) is 2.35. The number of thioether (sulfide) groups is 1. The van der Waals surface area contributed by atoms with Gasteiger partial charge >= 0.3 is 0 Å². The van der Waals surface area contributed by atoms with E-state index in [-0.39, 0.29) is 10.6 Å². The number of benzene rings is 1. The van der Waals surface area contributed by atoms with E-state index in [9.17, 15) is 12.8 Å². The normalized spacial score (nSPS) is 11.6. The zero-order valence-corrected chi connectivity index (χ0v) is 10.1. The van der Waals surface area contributed by atoms with Crippen LogP contribution >= 0.6 is 11.8 Å². The first-order valence-corrected chi connectivity index (χ1v) is 7.58. The van der Waals surface area contributed by atoms with Gasteiger partial charge in [0.2, 0.25) is 0 Å². The van der Waals surface area contributed by atoms with Crippen molar-refractivity contribution in [3.8, 4) is 0 Å². The molecule has 0 amide bonds. The van der Waals surface area contributed by atoms with Crippen LogP contribution in [-0.2, 0) is 9.84 Å². The number of halogens is 1. The Hall–Kier alpha value is -0.550. The first kappa shape index (κ1) is 12.5. The second-order valence-corrected chi connectivity index (χ2v) is 6.22. The number of hydrogen-bond acceptors (Lipinski definition) is 3. The first-order chi connectivity index (χ1) is 7.06. The van der Waals surface area contributed by atoms with Crippen molar-refractivity contribution in [3.05, 3.63) is 30.1 Å². The third-order valence-corrected chi connectivity index (χ3v) is 4.41. The van der Waals surface area contributed by atoms with Crippen molar-refractivity contribution in [2.75, 3.05) is 17.8 Å². The summed E-state index contributed by atoms with van der Waals surface area (Å²) < 4.78 is 36.2. The lowest BCUT2D eigenvalue weighted by Crippen LogP contribution is -2.07. The van der Waals surface area contributed by atoms with E-state index in [1.807, 2.05) is 6.26 Å². The summed E-state index contributed by atoms with van der Waals surface area (Å²) >= 11 is 1.60. The maximum absolute atomic E-state index is 12.8. The van der Waals surface area contributed by atoms with Crippen LogP contribution in [0.5, 0.6) is 0 Å². The Bertz CT molecular complexity index is 415. The Morgan fingerprint density at radius 1 is 1.40 bits per heavy atom. The lowest BCUT2D eigenvalue weighted by molar-refractivity contribution is 0.590. The minimum atomic E-state index is -3.31. The molecule has 0 spiro atoms. The summed E-state index contributed by atoms with van der Waals surface area (Å²) in [6.45, 7) is 0. The van der Waals surface area contributed by atoms with Crippen LogP contribution in [0.25, 0.3) is 0 Å². The average Bonchev–Trinajstić information content (AvgIpc) is 2.18. The topological polar surface area (TPSA) is 34.1 Å². The summed E-state index contributed by atoms with van der Waals surface area (Å²) in [5.41, 5.74) is 0. The van der Waals surface area contributed by atoms with Gasteiger partial charge in [0.25, 0.3) is 0 Å². The Kier molecular flexibility index (Phi) is 4.60. The van der Waals surface area contributed by atoms with Gasteiger partial charge in [-0.3, -0.25) is 0 Å². The Balaban J connectivity index is 2.77. The minimum absolute atomic E-state index is 0.0728. The van der Waals surface area contributed by atoms with Gasteiger partial charge in [0, 0.05) is 0 Å². The van der Waals surface area contributed by atoms with Gasteiger partial charge in [0.05, 0.1) is 10.6 Å². The van der Waals surface area contributed by atoms with Crippen LogP contribution in [0.15, 0.2) is 29.2 Å². The van der Waals surface area contributed by atoms with Crippen molar-refractivity contribution in [2.45, 2.75) is 11.3 Å². The molecule has 15 heavy (non-hydrogen) atoms. The molecule has 0 atom stereocenters. The molecule has 1 aromatic rings. The third kappa shape index (κ3) is 3.83. The predicted molar refractivity (Wildman–Crippen MR) is 61.5 cm³/mol. The van der Waals surface area contributed by atoms with Crippen LogP contribution in [0.2, 0.25) is 0 Å². The van der Waals surface area contributed by atoms with Crippen LogP contribution in [0.1, 0.15) is 6.42 Å². The molecule has 1 aromatic carbocycles. The second kappa shape index (κ2) is 5.51. The van der Waals surface area contributed by atoms with E-state index in [4.69, 9.17) is 0 Å². The molecule has 0 heterocycles. The molecular formula is C10H13FO2S2. The van der Waals surface area contributed by atoms with Gasteiger partial charge in [-0.15, -0.1) is 0 Å². The fraction of sp³-hybridized carbons (Fsp3) is 0.400. The molecule has 0 aliphatic carbocycles. The highest BCUT2D eigenvalue weighted by atomic mass is 32.2. The number of rotatable bonds is 5. The van der Waals surface area contributed by atoms with Gasteiger partial charge in [-0.25, -0.2) is 12.8 Å². The van der Waals surface area contributed by atoms with E-state index in [0.29, 0.717) is 6.42 Å². The molecule has 0 bridgehead atoms. The molecule has 0 aromatic heterocycles. The van der Waals surface area contributed by atoms with Crippen LogP contribution < -0.4 is 0 Å². The van der Waals surface area contributed by atoms with Crippen molar-refractivity contribution >= 4 is 21.6 Å². The molecule has 0 unspecified atom stereocenters. The van der Waals surface area contributed by atoms with Crippen LogP contribution in [0.4, 0.5) is 4.39 Å². The Morgan fingerprint density at radius 2 is 2.13 bits per heavy atom. The summed E-state index contributed by atoms with van der Waals surface area (Å²) in [6, 6.07) is 5.14. The van der Waals surface area contributed by atoms with Crippen molar-refractivity contribution in [1.82, 2.24) is 0 Å². The summed E-state index contributed by atoms with van der Waals surface area (Å²) in [4.78, 5) is 0.0728. The maximum Gasteiger partial charge on any atom is 0.178 e. The van der Waals surface area contributed by atoms with Crippen molar-refractivity contribution in [3.63, 3.8) is 0 Å². The second-order valence-electron chi connectivity index (χ2n) is 3.12. The van der Waals surface area contributed by atoms with E-state index < -0.39 is 15.7 Å². The van der Waals surface area contributed by atoms with Gasteiger partial charge in [0.1, 0.15) is 5.82 Å². The van der Waals surface area contributed by atoms with E-state index in [2.05, 4.69) is 0 Å². The molecule has 1 rings (SSSR count). The summed E-state index contributed by atoms with van der Waals surface area (Å²) in [6.07, 6.45) is 2.52. The molecule has 0 radical (unpaired) electrons. The van der Waals surface area contributed by atoms with Crippen molar-refractivity contribution < 1.29 is 12.8 Å². The van der Waals surface area contributed by atoms with Gasteiger partial charge in [-0.05, 0) is 36.6 Å². The molecule has 0 aliphatic heterocycles. The van der Waals surface area contributed by atoms with Crippen LogP contribution in [0, 0.1) is 5.82 Å². The summed E-state index contributed by atoms with van der Waals surface area (Å²) in [5, 5.41) is 0. The standard InChI is InChI=1S/C10H13FO2S2/c1-14-6-3-7-15(12,13)10-5-2-4-9(11)8-10/h2,4-5,8H,3,6-7H2,1H3. The maximum atomic E-state index is 12.8. The lowest BCUT2D eigenvalue weighted by Gasteiger charge is -2.03. The first-order valence-electron chi connectivity index (χ1n) is 4.53. The van der Waals surface area contributed by atoms with Gasteiger partial charge < -0.3 is 0 Å². The van der Waals surface area contributed by atoms with Gasteiger partial charge in [0.15, 0.2) is 9.84 Å². The quantitative estimate of drug-likeness (QED) is 0.750. The van der Waals surface area contributed by atoms with Crippen molar-refractivity contribution in [1.29, 1.82) is 0 Å². The highest BCUT2D eigenvalue weighted by molar-refractivity contribution is 7.98. The molecule has 0 aliphatic rings. The lowest BCUT2D eigenvalue weighted by atomic mass is 10.4. The average molecular weight is 248 g/mol. The molecule has 0 N–H and O–H groups in total. The molecule has 2 nitrogen and oxygen atoms in total. The number of sulfone groups is 1. The van der Waals surface area contributed by atoms with Crippen LogP contribution in [0.3, 0.4) is 0 Å².